The Morgan fingerprint density at radius 3 is 2.32 bits per heavy atom. The van der Waals surface area contributed by atoms with Gasteiger partial charge in [0.15, 0.2) is 5.11 Å². The molecular formula is C20H20ClN3O3S. The number of anilines is 1. The molecule has 3 rings (SSSR count). The standard InChI is InChI=1S/C20H20ClN3O3S/c21-15-7-3-14(4-8-15)19(26)24-20(28)23-16-9-5-13(6-10-16)18(25)22-12-17-2-1-11-27-17/h3-10,17H,1-2,11-12H2,(H,22,25)(H2,23,24,26,28). The van der Waals surface area contributed by atoms with Crippen molar-refractivity contribution in [2.45, 2.75) is 18.9 Å². The Kier molecular flexibility index (Phi) is 6.97. The maximum Gasteiger partial charge on any atom is 0.257 e. The second-order valence-electron chi connectivity index (χ2n) is 6.34. The first kappa shape index (κ1) is 20.3. The minimum Gasteiger partial charge on any atom is -0.376 e. The lowest BCUT2D eigenvalue weighted by atomic mass is 10.2. The molecule has 1 saturated heterocycles. The van der Waals surface area contributed by atoms with E-state index in [9.17, 15) is 9.59 Å². The molecule has 0 radical (unpaired) electrons. The van der Waals surface area contributed by atoms with Crippen LogP contribution < -0.4 is 16.0 Å². The fourth-order valence-corrected chi connectivity index (χ4v) is 3.09. The van der Waals surface area contributed by atoms with E-state index in [1.807, 2.05) is 0 Å². The van der Waals surface area contributed by atoms with Gasteiger partial charge < -0.3 is 15.4 Å². The minimum absolute atomic E-state index is 0.103. The molecule has 3 N–H and O–H groups in total. The van der Waals surface area contributed by atoms with Crippen LogP contribution in [0.1, 0.15) is 33.6 Å². The summed E-state index contributed by atoms with van der Waals surface area (Å²) in [5, 5.41) is 9.11. The van der Waals surface area contributed by atoms with Gasteiger partial charge in [0.2, 0.25) is 0 Å². The lowest BCUT2D eigenvalue weighted by molar-refractivity contribution is 0.0857. The van der Waals surface area contributed by atoms with E-state index < -0.39 is 0 Å². The highest BCUT2D eigenvalue weighted by atomic mass is 35.5. The normalized spacial score (nSPS) is 15.7. The molecule has 0 aliphatic carbocycles. The first-order valence-electron chi connectivity index (χ1n) is 8.89. The average molecular weight is 418 g/mol. The minimum atomic E-state index is -0.334. The number of benzene rings is 2. The fourth-order valence-electron chi connectivity index (χ4n) is 2.76. The van der Waals surface area contributed by atoms with Gasteiger partial charge in [-0.05, 0) is 73.6 Å². The Morgan fingerprint density at radius 1 is 1.04 bits per heavy atom. The molecule has 6 nitrogen and oxygen atoms in total. The Labute approximate surface area is 173 Å². The number of ether oxygens (including phenoxy) is 1. The molecule has 28 heavy (non-hydrogen) atoms. The van der Waals surface area contributed by atoms with Crippen molar-refractivity contribution in [1.29, 1.82) is 0 Å². The molecule has 1 heterocycles. The van der Waals surface area contributed by atoms with Gasteiger partial charge in [-0.1, -0.05) is 11.6 Å². The SMILES string of the molecule is O=C(NCC1CCCO1)c1ccc(NC(=S)NC(=O)c2ccc(Cl)cc2)cc1. The number of carbonyl (C=O) groups excluding carboxylic acids is 2. The molecule has 0 aromatic heterocycles. The van der Waals surface area contributed by atoms with Crippen LogP contribution in [0, 0.1) is 0 Å². The Hall–Kier alpha value is -2.48. The molecule has 1 aliphatic heterocycles. The van der Waals surface area contributed by atoms with Crippen molar-refractivity contribution in [2.24, 2.45) is 0 Å². The third kappa shape index (κ3) is 5.76. The number of amides is 2. The predicted octanol–water partition coefficient (Wildman–Crippen LogP) is 3.38. The molecule has 1 unspecified atom stereocenters. The molecule has 1 atom stereocenters. The Morgan fingerprint density at radius 2 is 1.68 bits per heavy atom. The maximum absolute atomic E-state index is 12.2. The topological polar surface area (TPSA) is 79.5 Å². The largest absolute Gasteiger partial charge is 0.376 e. The van der Waals surface area contributed by atoms with Crippen LogP contribution in [0.15, 0.2) is 48.5 Å². The highest BCUT2D eigenvalue weighted by molar-refractivity contribution is 7.80. The molecule has 0 spiro atoms. The summed E-state index contributed by atoms with van der Waals surface area (Å²) in [6, 6.07) is 13.3. The summed E-state index contributed by atoms with van der Waals surface area (Å²) < 4.78 is 5.49. The summed E-state index contributed by atoms with van der Waals surface area (Å²) in [6.45, 7) is 1.27. The third-order valence-corrected chi connectivity index (χ3v) is 4.71. The molecule has 2 amide bonds. The van der Waals surface area contributed by atoms with Gasteiger partial charge in [-0.2, -0.15) is 0 Å². The predicted molar refractivity (Wildman–Crippen MR) is 113 cm³/mol. The van der Waals surface area contributed by atoms with Crippen molar-refractivity contribution in [2.75, 3.05) is 18.5 Å². The van der Waals surface area contributed by atoms with Crippen LogP contribution in [0.2, 0.25) is 5.02 Å². The molecule has 2 aromatic carbocycles. The van der Waals surface area contributed by atoms with Crippen LogP contribution >= 0.6 is 23.8 Å². The summed E-state index contributed by atoms with van der Waals surface area (Å²) in [5.74, 6) is -0.486. The molecule has 1 fully saturated rings. The second kappa shape index (κ2) is 9.64. The van der Waals surface area contributed by atoms with Crippen LogP contribution in [0.25, 0.3) is 0 Å². The van der Waals surface area contributed by atoms with Crippen LogP contribution in [0.3, 0.4) is 0 Å². The summed E-state index contributed by atoms with van der Waals surface area (Å²) in [6.07, 6.45) is 2.11. The summed E-state index contributed by atoms with van der Waals surface area (Å²) in [7, 11) is 0. The van der Waals surface area contributed by atoms with Gasteiger partial charge in [-0.15, -0.1) is 0 Å². The van der Waals surface area contributed by atoms with Gasteiger partial charge in [0.1, 0.15) is 0 Å². The van der Waals surface area contributed by atoms with Crippen LogP contribution in [-0.4, -0.2) is 36.2 Å². The first-order chi connectivity index (χ1) is 13.5. The molecule has 0 bridgehead atoms. The van der Waals surface area contributed by atoms with E-state index in [1.54, 1.807) is 48.5 Å². The van der Waals surface area contributed by atoms with Gasteiger partial charge in [-0.3, -0.25) is 14.9 Å². The van der Waals surface area contributed by atoms with E-state index in [2.05, 4.69) is 16.0 Å². The zero-order valence-electron chi connectivity index (χ0n) is 15.0. The van der Waals surface area contributed by atoms with Gasteiger partial charge in [-0.25, -0.2) is 0 Å². The van der Waals surface area contributed by atoms with Crippen LogP contribution in [-0.2, 0) is 4.74 Å². The van der Waals surface area contributed by atoms with Crippen molar-refractivity contribution in [1.82, 2.24) is 10.6 Å². The Bertz CT molecular complexity index is 850. The lowest BCUT2D eigenvalue weighted by Crippen LogP contribution is -2.34. The van der Waals surface area contributed by atoms with E-state index in [4.69, 9.17) is 28.6 Å². The van der Waals surface area contributed by atoms with Gasteiger partial charge >= 0.3 is 0 Å². The summed E-state index contributed by atoms with van der Waals surface area (Å²) in [5.41, 5.74) is 1.66. The van der Waals surface area contributed by atoms with Gasteiger partial charge in [0.25, 0.3) is 11.8 Å². The number of nitrogens with one attached hydrogen (secondary N) is 3. The molecule has 146 valence electrons. The van der Waals surface area contributed by atoms with E-state index in [-0.39, 0.29) is 23.0 Å². The number of hydrogen-bond acceptors (Lipinski definition) is 4. The number of thiocarbonyl (C=S) groups is 1. The third-order valence-electron chi connectivity index (χ3n) is 4.25. The quantitative estimate of drug-likeness (QED) is 0.650. The molecule has 0 saturated carbocycles. The Balaban J connectivity index is 1.48. The van der Waals surface area contributed by atoms with Crippen LogP contribution in [0.5, 0.6) is 0 Å². The lowest BCUT2D eigenvalue weighted by Gasteiger charge is -2.12. The zero-order chi connectivity index (χ0) is 19.9. The van der Waals surface area contributed by atoms with Crippen molar-refractivity contribution < 1.29 is 14.3 Å². The summed E-state index contributed by atoms with van der Waals surface area (Å²) >= 11 is 11.0. The van der Waals surface area contributed by atoms with Crippen molar-refractivity contribution >= 4 is 46.4 Å². The number of halogens is 1. The number of rotatable bonds is 5. The van der Waals surface area contributed by atoms with E-state index in [1.165, 1.54) is 0 Å². The molecular weight excluding hydrogens is 398 g/mol. The van der Waals surface area contributed by atoms with Crippen LogP contribution in [0.4, 0.5) is 5.69 Å². The molecule has 8 heteroatoms. The smallest absolute Gasteiger partial charge is 0.257 e. The maximum atomic E-state index is 12.2. The van der Waals surface area contributed by atoms with Gasteiger partial charge in [0, 0.05) is 35.0 Å². The summed E-state index contributed by atoms with van der Waals surface area (Å²) in [4.78, 5) is 24.3. The molecule has 1 aliphatic rings. The highest BCUT2D eigenvalue weighted by Gasteiger charge is 2.16. The zero-order valence-corrected chi connectivity index (χ0v) is 16.6. The van der Waals surface area contributed by atoms with E-state index in [0.717, 1.165) is 19.4 Å². The highest BCUT2D eigenvalue weighted by Crippen LogP contribution is 2.13. The van der Waals surface area contributed by atoms with Gasteiger partial charge in [0.05, 0.1) is 6.10 Å². The number of hydrogen-bond donors (Lipinski definition) is 3. The van der Waals surface area contributed by atoms with E-state index >= 15 is 0 Å². The average Bonchev–Trinajstić information content (AvgIpc) is 3.20. The number of carbonyl (C=O) groups is 2. The van der Waals surface area contributed by atoms with Crippen molar-refractivity contribution in [3.8, 4) is 0 Å². The molecule has 2 aromatic rings. The van der Waals surface area contributed by atoms with E-state index in [0.29, 0.717) is 28.4 Å². The first-order valence-corrected chi connectivity index (χ1v) is 9.67. The second-order valence-corrected chi connectivity index (χ2v) is 7.18. The monoisotopic (exact) mass is 417 g/mol. The van der Waals surface area contributed by atoms with Crippen molar-refractivity contribution in [3.05, 3.63) is 64.7 Å². The fraction of sp³-hybridized carbons (Fsp3) is 0.250. The van der Waals surface area contributed by atoms with Crippen molar-refractivity contribution in [3.63, 3.8) is 0 Å².